The molecule has 3 aromatic carbocycles. The Balaban J connectivity index is 1.16. The second kappa shape index (κ2) is 11.1. The number of nitrogens with one attached hydrogen (secondary N) is 3. The lowest BCUT2D eigenvalue weighted by molar-refractivity contribution is 0.0696. The van der Waals surface area contributed by atoms with Crippen LogP contribution in [0.25, 0.3) is 5.78 Å². The van der Waals surface area contributed by atoms with Crippen molar-refractivity contribution in [3.05, 3.63) is 120 Å². The summed E-state index contributed by atoms with van der Waals surface area (Å²) in [7, 11) is 0. The zero-order valence-electron chi connectivity index (χ0n) is 22.9. The van der Waals surface area contributed by atoms with Crippen LogP contribution in [-0.4, -0.2) is 37.3 Å². The van der Waals surface area contributed by atoms with Crippen LogP contribution in [0.1, 0.15) is 66.1 Å². The van der Waals surface area contributed by atoms with Gasteiger partial charge in [-0.1, -0.05) is 12.1 Å². The fraction of sp³-hybridized carbons (Fsp3) is 0.167. The number of amides is 2. The highest BCUT2D eigenvalue weighted by molar-refractivity contribution is 5.98. The molecule has 6 rings (SSSR count). The van der Waals surface area contributed by atoms with Gasteiger partial charge in [-0.3, -0.25) is 23.6 Å². The van der Waals surface area contributed by atoms with Crippen LogP contribution < -0.4 is 32.5 Å². The number of nitrogen functional groups attached to an aromatic ring is 1. The van der Waals surface area contributed by atoms with E-state index in [1.165, 1.54) is 40.9 Å². The number of nitrogens with zero attached hydrogens (tertiary/aromatic N) is 3. The quantitative estimate of drug-likeness (QED) is 0.156. The minimum atomic E-state index is -1.02. The molecule has 5 aromatic rings. The summed E-state index contributed by atoms with van der Waals surface area (Å²) < 4.78 is 15.8. The van der Waals surface area contributed by atoms with Crippen molar-refractivity contribution in [2.45, 2.75) is 32.0 Å². The standard InChI is InChI=1S/C30H24FN7O6/c31-19-5-1-14(9-17(19)13-34-24-23(32)25(39)26(24)40)12-35-27(41)21-11-22(38-8-7-33-30(38)37-21)28(42)36-20-6-3-15-10-16(29(43)44)2-4-18(15)20/h1-2,4-5,7-11,20,34H,3,6,12-13,32H2,(H,35,41)(H,36,42)(H,43,44)/t20-/m0/s1. The number of nitrogens with two attached hydrogens (primary N) is 1. The molecular formula is C30H24FN7O6. The molecule has 13 nitrogen and oxygen atoms in total. The van der Waals surface area contributed by atoms with E-state index in [0.29, 0.717) is 18.4 Å². The van der Waals surface area contributed by atoms with Crippen LogP contribution in [0.3, 0.4) is 0 Å². The monoisotopic (exact) mass is 597 g/mol. The van der Waals surface area contributed by atoms with E-state index >= 15 is 0 Å². The number of benzene rings is 2. The van der Waals surface area contributed by atoms with Crippen LogP contribution >= 0.6 is 0 Å². The molecule has 2 heterocycles. The first kappa shape index (κ1) is 28.2. The Labute approximate surface area is 247 Å². The summed E-state index contributed by atoms with van der Waals surface area (Å²) in [5.74, 6) is -2.51. The van der Waals surface area contributed by atoms with Crippen LogP contribution in [-0.2, 0) is 19.5 Å². The first-order chi connectivity index (χ1) is 21.1. The first-order valence-electron chi connectivity index (χ1n) is 13.5. The Morgan fingerprint density at radius 2 is 1.86 bits per heavy atom. The molecule has 1 aliphatic rings. The van der Waals surface area contributed by atoms with Gasteiger partial charge >= 0.3 is 5.97 Å². The number of anilines is 2. The second-order valence-corrected chi connectivity index (χ2v) is 10.3. The zero-order valence-corrected chi connectivity index (χ0v) is 22.9. The summed E-state index contributed by atoms with van der Waals surface area (Å²) in [6, 6.07) is 10.00. The third kappa shape index (κ3) is 5.12. The molecule has 0 bridgehead atoms. The van der Waals surface area contributed by atoms with E-state index in [2.05, 4.69) is 25.9 Å². The van der Waals surface area contributed by atoms with Gasteiger partial charge in [0.25, 0.3) is 22.7 Å². The van der Waals surface area contributed by atoms with E-state index in [4.69, 9.17) is 5.73 Å². The highest BCUT2D eigenvalue weighted by atomic mass is 19.1. The Morgan fingerprint density at radius 1 is 1.05 bits per heavy atom. The molecule has 14 heteroatoms. The van der Waals surface area contributed by atoms with Gasteiger partial charge in [0.1, 0.15) is 28.6 Å². The summed E-state index contributed by atoms with van der Waals surface area (Å²) in [6.45, 7) is -0.111. The van der Waals surface area contributed by atoms with E-state index in [1.807, 2.05) is 0 Å². The Hall–Kier alpha value is -5.92. The van der Waals surface area contributed by atoms with Gasteiger partial charge in [0.15, 0.2) is 0 Å². The number of fused-ring (bicyclic) bond motifs is 2. The first-order valence-corrected chi connectivity index (χ1v) is 13.5. The molecule has 222 valence electrons. The van der Waals surface area contributed by atoms with Crippen molar-refractivity contribution in [2.75, 3.05) is 11.1 Å². The molecule has 2 amide bonds. The van der Waals surface area contributed by atoms with Gasteiger partial charge < -0.3 is 26.8 Å². The second-order valence-electron chi connectivity index (χ2n) is 10.3. The van der Waals surface area contributed by atoms with Gasteiger partial charge in [-0.05, 0) is 59.9 Å². The summed E-state index contributed by atoms with van der Waals surface area (Å²) in [5, 5.41) is 17.6. The normalized spacial score (nSPS) is 14.0. The van der Waals surface area contributed by atoms with Crippen molar-refractivity contribution in [3.8, 4) is 0 Å². The molecule has 0 saturated heterocycles. The van der Waals surface area contributed by atoms with Crippen molar-refractivity contribution >= 4 is 34.9 Å². The smallest absolute Gasteiger partial charge is 0.335 e. The van der Waals surface area contributed by atoms with Gasteiger partial charge in [-0.2, -0.15) is 0 Å². The molecule has 2 aromatic heterocycles. The number of rotatable bonds is 9. The molecule has 0 radical (unpaired) electrons. The molecule has 0 spiro atoms. The van der Waals surface area contributed by atoms with Gasteiger partial charge in [0.2, 0.25) is 5.78 Å². The largest absolute Gasteiger partial charge is 0.478 e. The van der Waals surface area contributed by atoms with Gasteiger partial charge in [0, 0.05) is 31.0 Å². The summed E-state index contributed by atoms with van der Waals surface area (Å²) >= 11 is 0. The average Bonchev–Trinajstić information content (AvgIpc) is 3.67. The number of hydrogen-bond acceptors (Lipinski definition) is 9. The number of carbonyl (C=O) groups excluding carboxylic acids is 2. The number of carboxylic acids is 1. The molecule has 6 N–H and O–H groups in total. The van der Waals surface area contributed by atoms with Crippen LogP contribution in [0.5, 0.6) is 0 Å². The minimum Gasteiger partial charge on any atom is -0.478 e. The lowest BCUT2D eigenvalue weighted by atomic mass is 10.0. The molecule has 44 heavy (non-hydrogen) atoms. The number of imidazole rings is 1. The van der Waals surface area contributed by atoms with Crippen LogP contribution in [0, 0.1) is 5.82 Å². The summed E-state index contributed by atoms with van der Waals surface area (Å²) in [4.78, 5) is 69.1. The maximum Gasteiger partial charge on any atom is 0.335 e. The number of hydrogen-bond donors (Lipinski definition) is 5. The van der Waals surface area contributed by atoms with Gasteiger partial charge in [0.05, 0.1) is 11.6 Å². The van der Waals surface area contributed by atoms with Crippen molar-refractivity contribution in [1.29, 1.82) is 0 Å². The van der Waals surface area contributed by atoms with E-state index in [9.17, 15) is 33.5 Å². The van der Waals surface area contributed by atoms with E-state index in [-0.39, 0.29) is 58.8 Å². The minimum absolute atomic E-state index is 0.00557. The highest BCUT2D eigenvalue weighted by Crippen LogP contribution is 2.32. The van der Waals surface area contributed by atoms with Crippen molar-refractivity contribution in [2.24, 2.45) is 0 Å². The van der Waals surface area contributed by atoms with Gasteiger partial charge in [-0.25, -0.2) is 19.2 Å². The summed E-state index contributed by atoms with van der Waals surface area (Å²) in [6.07, 6.45) is 4.19. The predicted octanol–water partition coefficient (Wildman–Crippen LogP) is 1.70. The van der Waals surface area contributed by atoms with Crippen molar-refractivity contribution < 1.29 is 23.9 Å². The number of halogens is 1. The lowest BCUT2D eigenvalue weighted by Gasteiger charge is -2.16. The lowest BCUT2D eigenvalue weighted by Crippen LogP contribution is -2.37. The van der Waals surface area contributed by atoms with Crippen molar-refractivity contribution in [1.82, 2.24) is 25.0 Å². The molecule has 1 atom stereocenters. The van der Waals surface area contributed by atoms with E-state index < -0.39 is 34.5 Å². The predicted molar refractivity (Wildman–Crippen MR) is 156 cm³/mol. The maximum absolute atomic E-state index is 14.4. The third-order valence-corrected chi connectivity index (χ3v) is 7.58. The van der Waals surface area contributed by atoms with E-state index in [1.54, 1.807) is 18.3 Å². The SMILES string of the molecule is Nc1c(NCc2cc(CNC(=O)c3cc(C(=O)N[C@H]4CCc5cc(C(=O)O)ccc54)n4ccnc4n3)ccc2F)c(=O)c1=O. The summed E-state index contributed by atoms with van der Waals surface area (Å²) in [5.41, 5.74) is 6.36. The maximum atomic E-state index is 14.4. The Bertz CT molecular complexity index is 2060. The van der Waals surface area contributed by atoms with Crippen molar-refractivity contribution in [3.63, 3.8) is 0 Å². The van der Waals surface area contributed by atoms with Crippen LogP contribution in [0.2, 0.25) is 0 Å². The fourth-order valence-electron chi connectivity index (χ4n) is 5.24. The van der Waals surface area contributed by atoms with Gasteiger partial charge in [-0.15, -0.1) is 0 Å². The molecule has 0 saturated carbocycles. The molecular weight excluding hydrogens is 573 g/mol. The molecule has 1 aliphatic carbocycles. The number of aromatic nitrogens is 3. The molecule has 0 unspecified atom stereocenters. The highest BCUT2D eigenvalue weighted by Gasteiger charge is 2.27. The van der Waals surface area contributed by atoms with E-state index in [0.717, 1.165) is 11.1 Å². The number of aromatic carboxylic acids is 1. The third-order valence-electron chi connectivity index (χ3n) is 7.58. The topological polar surface area (TPSA) is 198 Å². The number of carboxylic acid groups (broad SMARTS) is 1. The molecule has 0 aliphatic heterocycles. The fourth-order valence-corrected chi connectivity index (χ4v) is 5.24. The van der Waals surface area contributed by atoms with Crippen LogP contribution in [0.4, 0.5) is 15.8 Å². The Kier molecular flexibility index (Phi) is 7.09. The number of carbonyl (C=O) groups is 3. The number of aryl methyl sites for hydroxylation is 1. The zero-order chi connectivity index (χ0) is 31.1. The Morgan fingerprint density at radius 3 is 2.64 bits per heavy atom. The van der Waals surface area contributed by atoms with Crippen LogP contribution in [0.15, 0.2) is 64.4 Å². The molecule has 0 fully saturated rings. The average molecular weight is 598 g/mol.